The van der Waals surface area contributed by atoms with Gasteiger partial charge in [0.2, 0.25) is 0 Å². The molecule has 788 valence electrons. The van der Waals surface area contributed by atoms with E-state index >= 15 is 9.59 Å². The predicted molar refractivity (Wildman–Crippen MR) is 638 cm³/mol. The highest BCUT2D eigenvalue weighted by molar-refractivity contribution is 7.46. The minimum absolute atomic E-state index is 0.0483. The summed E-state index contributed by atoms with van der Waals surface area (Å²) in [6.07, 6.45) is 108. The van der Waals surface area contributed by atoms with E-state index in [-0.39, 0.29) is 11.8 Å². The molecule has 0 N–H and O–H groups in total. The van der Waals surface area contributed by atoms with E-state index in [1.165, 1.54) is 516 Å². The van der Waals surface area contributed by atoms with Crippen molar-refractivity contribution in [3.8, 4) is 29.3 Å². The van der Waals surface area contributed by atoms with Crippen LogP contribution in [0, 0.1) is 37.5 Å². The molecular formula is C128H206N2O2S8. The van der Waals surface area contributed by atoms with Gasteiger partial charge in [-0.15, -0.1) is 90.7 Å². The zero-order valence-corrected chi connectivity index (χ0v) is 98.4. The van der Waals surface area contributed by atoms with Crippen LogP contribution in [0.15, 0.2) is 59.7 Å². The van der Waals surface area contributed by atoms with Gasteiger partial charge in [0, 0.05) is 52.1 Å². The van der Waals surface area contributed by atoms with Crippen molar-refractivity contribution in [2.45, 2.75) is 583 Å². The van der Waals surface area contributed by atoms with Crippen LogP contribution >= 0.6 is 90.7 Å². The highest BCUT2D eigenvalue weighted by atomic mass is 32.1. The third-order valence-corrected chi connectivity index (χ3v) is 42.7. The molecule has 2 aliphatic rings. The van der Waals surface area contributed by atoms with E-state index in [4.69, 9.17) is 0 Å². The van der Waals surface area contributed by atoms with Gasteiger partial charge in [-0.05, 0) is 136 Å². The molecule has 0 radical (unpaired) electrons. The fraction of sp³-hybridized carbons (Fsp3) is 0.750. The molecule has 0 saturated carbocycles. The number of rotatable bonds is 91. The zero-order chi connectivity index (χ0) is 98.6. The number of unbranched alkanes of at least 4 members (excludes halogenated alkanes) is 54. The molecule has 2 aliphatic heterocycles. The van der Waals surface area contributed by atoms with E-state index in [1.807, 2.05) is 34.0 Å². The molecule has 4 nitrogen and oxygen atoms in total. The molecule has 8 aromatic rings. The van der Waals surface area contributed by atoms with E-state index in [0.717, 1.165) is 76.9 Å². The molecule has 0 aliphatic carbocycles. The van der Waals surface area contributed by atoms with Gasteiger partial charge in [0.05, 0.1) is 60.5 Å². The minimum Gasteiger partial charge on any atom is -0.306 e. The summed E-state index contributed by atoms with van der Waals surface area (Å²) in [5.41, 5.74) is 6.38. The first-order valence-corrected chi connectivity index (χ1v) is 67.4. The number of nitrogens with zero attached hydrogens (tertiary/aromatic N) is 2. The van der Waals surface area contributed by atoms with E-state index in [1.54, 1.807) is 55.5 Å². The lowest BCUT2D eigenvalue weighted by Crippen LogP contribution is -2.30. The summed E-state index contributed by atoms with van der Waals surface area (Å²) in [7, 11) is 0. The molecular weight excluding hydrogens is 1850 g/mol. The SMILES string of the molecule is CCCCCCCCCCC(CCCCCCCC)CCCCCN1C(=O)C2=C(c3ccc(-c4ccc(-c5sc6c(sc7c8sc(-c9ccc(C)s9)c(CCCCC(CCCCCCCC)CCCCCCCCCC)c8sc67)c5CCCCC(CCCCCCCC)CCCCCCCCCC)s4)s3)N(CCCCCC(CCCCCCCC)CCCCCCCCCC)C(=O)C2=C1c1ccc(C)s1. The average molecular weight is 2060 g/mol. The molecule has 140 heavy (non-hydrogen) atoms. The van der Waals surface area contributed by atoms with Crippen molar-refractivity contribution in [2.75, 3.05) is 13.1 Å². The van der Waals surface area contributed by atoms with Crippen molar-refractivity contribution in [1.82, 2.24) is 9.80 Å². The van der Waals surface area contributed by atoms with Gasteiger partial charge in [0.1, 0.15) is 0 Å². The van der Waals surface area contributed by atoms with Gasteiger partial charge in [-0.2, -0.15) is 0 Å². The van der Waals surface area contributed by atoms with Crippen LogP contribution in [0.1, 0.15) is 587 Å². The van der Waals surface area contributed by atoms with E-state index in [2.05, 4.69) is 173 Å². The Morgan fingerprint density at radius 1 is 0.200 bits per heavy atom. The smallest absolute Gasteiger partial charge is 0.261 e. The first kappa shape index (κ1) is 119. The van der Waals surface area contributed by atoms with Crippen LogP contribution in [-0.2, 0) is 22.4 Å². The quantitative estimate of drug-likeness (QED) is 0.0357. The monoisotopic (exact) mass is 2060 g/mol. The fourth-order valence-electron chi connectivity index (χ4n) is 23.6. The number of carbonyl (C=O) groups excluding carboxylic acids is 2. The van der Waals surface area contributed by atoms with Gasteiger partial charge in [0.25, 0.3) is 11.8 Å². The number of amides is 2. The van der Waals surface area contributed by atoms with Crippen molar-refractivity contribution >= 4 is 142 Å². The predicted octanol–water partition coefficient (Wildman–Crippen LogP) is 47.2. The summed E-state index contributed by atoms with van der Waals surface area (Å²) in [5.74, 6) is 3.41. The van der Waals surface area contributed by atoms with Crippen LogP contribution in [0.4, 0.5) is 0 Å². The molecule has 4 unspecified atom stereocenters. The van der Waals surface area contributed by atoms with Crippen LogP contribution < -0.4 is 0 Å². The molecule has 8 aromatic heterocycles. The Bertz CT molecular complexity index is 4620. The van der Waals surface area contributed by atoms with Gasteiger partial charge in [-0.1, -0.05) is 531 Å². The maximum atomic E-state index is 16.2. The molecule has 0 saturated heterocycles. The maximum Gasteiger partial charge on any atom is 0.261 e. The van der Waals surface area contributed by atoms with Crippen LogP contribution in [0.25, 0.3) is 68.9 Å². The van der Waals surface area contributed by atoms with E-state index in [0.29, 0.717) is 24.2 Å². The van der Waals surface area contributed by atoms with E-state index in [9.17, 15) is 0 Å². The molecule has 0 aromatic carbocycles. The number of aryl methyl sites for hydroxylation is 4. The largest absolute Gasteiger partial charge is 0.306 e. The van der Waals surface area contributed by atoms with E-state index < -0.39 is 0 Å². The second-order valence-electron chi connectivity index (χ2n) is 44.4. The number of hydrogen-bond donors (Lipinski definition) is 0. The maximum absolute atomic E-state index is 16.2. The number of thiophene rings is 8. The first-order valence-electron chi connectivity index (χ1n) is 60.9. The molecule has 0 bridgehead atoms. The van der Waals surface area contributed by atoms with Gasteiger partial charge in [-0.25, -0.2) is 0 Å². The molecule has 0 fully saturated rings. The van der Waals surface area contributed by atoms with Crippen molar-refractivity contribution in [3.63, 3.8) is 0 Å². The Kier molecular flexibility index (Phi) is 61.3. The topological polar surface area (TPSA) is 40.6 Å². The first-order chi connectivity index (χ1) is 69.0. The molecule has 0 spiro atoms. The number of hydrogen-bond acceptors (Lipinski definition) is 10. The van der Waals surface area contributed by atoms with Crippen LogP contribution in [0.2, 0.25) is 0 Å². The lowest BCUT2D eigenvalue weighted by atomic mass is 9.89. The highest BCUT2D eigenvalue weighted by Gasteiger charge is 2.49. The Labute approximate surface area is 893 Å². The van der Waals surface area contributed by atoms with Crippen LogP contribution in [0.5, 0.6) is 0 Å². The molecule has 12 heteroatoms. The summed E-state index contributed by atoms with van der Waals surface area (Å²) in [6.45, 7) is 24.5. The van der Waals surface area contributed by atoms with Crippen molar-refractivity contribution < 1.29 is 9.59 Å². The lowest BCUT2D eigenvalue weighted by molar-refractivity contribution is -0.124. The summed E-state index contributed by atoms with van der Waals surface area (Å²) in [4.78, 5) is 49.8. The molecule has 10 heterocycles. The van der Waals surface area contributed by atoms with Gasteiger partial charge in [0.15, 0.2) is 0 Å². The fourth-order valence-corrected chi connectivity index (χ4v) is 34.1. The summed E-state index contributed by atoms with van der Waals surface area (Å²) >= 11 is 16.2. The van der Waals surface area contributed by atoms with Crippen molar-refractivity contribution in [2.24, 2.45) is 23.7 Å². The second-order valence-corrected chi connectivity index (χ2v) is 53.3. The number of fused-ring (bicyclic) bond motifs is 6. The normalized spacial score (nSPS) is 14.1. The van der Waals surface area contributed by atoms with Gasteiger partial charge < -0.3 is 9.80 Å². The third kappa shape index (κ3) is 40.9. The Morgan fingerprint density at radius 3 is 0.664 bits per heavy atom. The van der Waals surface area contributed by atoms with Gasteiger partial charge >= 0.3 is 0 Å². The van der Waals surface area contributed by atoms with Crippen molar-refractivity contribution in [3.05, 3.63) is 90.3 Å². The molecule has 10 rings (SSSR count). The average Bonchev–Trinajstić information content (AvgIpc) is 1.56. The number of carbonyl (C=O) groups is 2. The summed E-state index contributed by atoms with van der Waals surface area (Å²) in [6, 6.07) is 18.9. The van der Waals surface area contributed by atoms with Crippen LogP contribution in [-0.4, -0.2) is 34.7 Å². The lowest BCUT2D eigenvalue weighted by Gasteiger charge is -2.25. The Balaban J connectivity index is 0.951. The minimum atomic E-state index is 0.0483. The highest BCUT2D eigenvalue weighted by Crippen LogP contribution is 2.58. The third-order valence-electron chi connectivity index (χ3n) is 32.3. The standard InChI is InChI=1S/C128H206N2O2S8/c1-11-19-27-35-43-47-55-65-79-103(77-61-51-39-31-23-15-5)85-69-59-75-99-129-117(111-93-91-101(9)133-111)115-116(128(129)132)118(130(127(115)131)100-76-60-70-86-104(78-62-52-40-32-24-16-6)80-66-56-48-44-36-28-20-12-2)112-97-95-109(135-112)110-96-98-114(136-110)120-108(90-74-72-88-106(82-64-54-42-34-26-18-8)84-68-58-50-46-38-30-22-14-4)122-124(138-120)126-125(140-122)123-121(139-126)107(119(137-123)113-94-92-102(10)134-113)89-73-71-87-105(81-63-53-41-33-25-17-7)83-67-57-49-45-37-29-21-13-3/h91-98,103-106H,11-90,99-100H2,1-10H3. The summed E-state index contributed by atoms with van der Waals surface area (Å²) in [5, 5.41) is 0. The Hall–Kier alpha value is -3.20. The summed E-state index contributed by atoms with van der Waals surface area (Å²) < 4.78 is 9.39. The Morgan fingerprint density at radius 2 is 0.400 bits per heavy atom. The zero-order valence-electron chi connectivity index (χ0n) is 91.9. The molecule has 2 amide bonds. The molecule has 4 atom stereocenters. The van der Waals surface area contributed by atoms with Crippen LogP contribution in [0.3, 0.4) is 0 Å². The van der Waals surface area contributed by atoms with Gasteiger partial charge in [-0.3, -0.25) is 9.59 Å². The van der Waals surface area contributed by atoms with Crippen molar-refractivity contribution in [1.29, 1.82) is 0 Å². The second kappa shape index (κ2) is 72.3.